The quantitative estimate of drug-likeness (QED) is 0.574. The minimum absolute atomic E-state index is 0.361. The Balaban J connectivity index is 1.50. The van der Waals surface area contributed by atoms with Crippen LogP contribution in [0.3, 0.4) is 0 Å². The molecule has 0 radical (unpaired) electrons. The number of methoxy groups -OCH3 is 2. The lowest BCUT2D eigenvalue weighted by atomic mass is 10.2. The van der Waals surface area contributed by atoms with E-state index in [2.05, 4.69) is 32.7 Å². The largest absolute Gasteiger partial charge is 0.497 e. The molecule has 0 bridgehead atoms. The molecular weight excluding hydrogens is 344 g/mol. The van der Waals surface area contributed by atoms with E-state index in [1.54, 1.807) is 27.5 Å². The molecule has 7 heteroatoms. The van der Waals surface area contributed by atoms with Crippen LogP contribution in [0.4, 0.5) is 0 Å². The molecule has 146 valence electrons. The van der Waals surface area contributed by atoms with Gasteiger partial charge in [0.2, 0.25) is 0 Å². The van der Waals surface area contributed by atoms with Gasteiger partial charge in [0.25, 0.3) is 0 Å². The van der Waals surface area contributed by atoms with Crippen LogP contribution < -0.4 is 20.1 Å². The van der Waals surface area contributed by atoms with Crippen LogP contribution in [0.2, 0.25) is 0 Å². The van der Waals surface area contributed by atoms with Crippen molar-refractivity contribution in [1.82, 2.24) is 15.5 Å². The van der Waals surface area contributed by atoms with Gasteiger partial charge in [-0.1, -0.05) is 0 Å². The van der Waals surface area contributed by atoms with Gasteiger partial charge in [-0.05, 0) is 36.2 Å². The van der Waals surface area contributed by atoms with E-state index in [0.717, 1.165) is 49.3 Å². The molecule has 1 aliphatic heterocycles. The summed E-state index contributed by atoms with van der Waals surface area (Å²) >= 11 is 0. The van der Waals surface area contributed by atoms with Gasteiger partial charge in [-0.3, -0.25) is 9.89 Å². The summed E-state index contributed by atoms with van der Waals surface area (Å²) in [6, 6.07) is 10.2. The van der Waals surface area contributed by atoms with Crippen molar-refractivity contribution in [2.45, 2.75) is 25.6 Å². The number of guanidine groups is 1. The number of hydrogen-bond donors (Lipinski definition) is 2. The van der Waals surface area contributed by atoms with Crippen LogP contribution in [0.1, 0.15) is 17.7 Å². The third-order valence-corrected chi connectivity index (χ3v) is 4.66. The number of ether oxygens (including phenoxy) is 2. The molecule has 2 heterocycles. The minimum Gasteiger partial charge on any atom is -0.497 e. The highest BCUT2D eigenvalue weighted by Gasteiger charge is 2.23. The second kappa shape index (κ2) is 9.32. The summed E-state index contributed by atoms with van der Waals surface area (Å²) in [6.07, 6.45) is 2.75. The van der Waals surface area contributed by atoms with Crippen LogP contribution in [0.15, 0.2) is 46.0 Å². The van der Waals surface area contributed by atoms with Crippen LogP contribution in [0.5, 0.6) is 11.5 Å². The molecule has 0 spiro atoms. The fourth-order valence-electron chi connectivity index (χ4n) is 3.28. The van der Waals surface area contributed by atoms with Crippen LogP contribution >= 0.6 is 0 Å². The molecule has 1 saturated heterocycles. The Bertz CT molecular complexity index is 723. The number of nitrogens with one attached hydrogen (secondary N) is 2. The third kappa shape index (κ3) is 5.40. The zero-order chi connectivity index (χ0) is 19.1. The monoisotopic (exact) mass is 372 g/mol. The predicted octanol–water partition coefficient (Wildman–Crippen LogP) is 2.24. The van der Waals surface area contributed by atoms with Gasteiger partial charge in [0.1, 0.15) is 17.3 Å². The Morgan fingerprint density at radius 1 is 1.26 bits per heavy atom. The van der Waals surface area contributed by atoms with Gasteiger partial charge in [-0.25, -0.2) is 0 Å². The molecule has 2 aromatic rings. The number of nitrogens with zero attached hydrogens (tertiary/aromatic N) is 2. The normalized spacial score (nSPS) is 17.7. The van der Waals surface area contributed by atoms with Crippen LogP contribution in [0, 0.1) is 0 Å². The minimum atomic E-state index is 0.361. The summed E-state index contributed by atoms with van der Waals surface area (Å²) in [6.45, 7) is 3.48. The SMILES string of the molecule is CN=C(NCc1ccco1)NC1CCN(Cc2cc(OC)cc(OC)c2)C1. The molecule has 0 saturated carbocycles. The molecule has 0 amide bonds. The summed E-state index contributed by atoms with van der Waals surface area (Å²) < 4.78 is 16.1. The van der Waals surface area contributed by atoms with E-state index in [9.17, 15) is 0 Å². The molecule has 1 unspecified atom stereocenters. The van der Waals surface area contributed by atoms with Gasteiger partial charge >= 0.3 is 0 Å². The number of benzene rings is 1. The van der Waals surface area contributed by atoms with E-state index in [1.165, 1.54) is 5.56 Å². The van der Waals surface area contributed by atoms with Crippen molar-refractivity contribution >= 4 is 5.96 Å². The fraction of sp³-hybridized carbons (Fsp3) is 0.450. The van der Waals surface area contributed by atoms with Crippen LogP contribution in [-0.4, -0.2) is 51.3 Å². The lowest BCUT2D eigenvalue weighted by molar-refractivity contribution is 0.321. The van der Waals surface area contributed by atoms with Gasteiger partial charge < -0.3 is 24.5 Å². The topological polar surface area (TPSA) is 71.3 Å². The second-order valence-electron chi connectivity index (χ2n) is 6.59. The van der Waals surface area contributed by atoms with Crippen molar-refractivity contribution in [3.63, 3.8) is 0 Å². The lowest BCUT2D eigenvalue weighted by Crippen LogP contribution is -2.44. The van der Waals surface area contributed by atoms with Gasteiger partial charge in [0, 0.05) is 38.8 Å². The first-order valence-electron chi connectivity index (χ1n) is 9.14. The molecule has 27 heavy (non-hydrogen) atoms. The Morgan fingerprint density at radius 2 is 2.04 bits per heavy atom. The number of hydrogen-bond acceptors (Lipinski definition) is 5. The highest BCUT2D eigenvalue weighted by atomic mass is 16.5. The van der Waals surface area contributed by atoms with E-state index in [4.69, 9.17) is 13.9 Å². The number of furan rings is 1. The first-order valence-corrected chi connectivity index (χ1v) is 9.14. The van der Waals surface area contributed by atoms with Crippen LogP contribution in [0.25, 0.3) is 0 Å². The Morgan fingerprint density at radius 3 is 2.67 bits per heavy atom. The van der Waals surface area contributed by atoms with Gasteiger partial charge in [-0.15, -0.1) is 0 Å². The van der Waals surface area contributed by atoms with Crippen molar-refractivity contribution in [3.8, 4) is 11.5 Å². The maximum absolute atomic E-state index is 5.37. The Labute approximate surface area is 160 Å². The van der Waals surface area contributed by atoms with E-state index < -0.39 is 0 Å². The molecule has 1 atom stereocenters. The molecule has 3 rings (SSSR count). The summed E-state index contributed by atoms with van der Waals surface area (Å²) in [5.74, 6) is 3.32. The Kier molecular flexibility index (Phi) is 6.59. The second-order valence-corrected chi connectivity index (χ2v) is 6.59. The molecule has 1 aromatic heterocycles. The molecule has 0 aliphatic carbocycles. The lowest BCUT2D eigenvalue weighted by Gasteiger charge is -2.19. The zero-order valence-corrected chi connectivity index (χ0v) is 16.2. The first-order chi connectivity index (χ1) is 13.2. The summed E-state index contributed by atoms with van der Waals surface area (Å²) in [7, 11) is 5.14. The van der Waals surface area contributed by atoms with Crippen molar-refractivity contribution in [2.75, 3.05) is 34.4 Å². The van der Waals surface area contributed by atoms with Crippen molar-refractivity contribution in [2.24, 2.45) is 4.99 Å². The van der Waals surface area contributed by atoms with Gasteiger partial charge in [-0.2, -0.15) is 0 Å². The van der Waals surface area contributed by atoms with Gasteiger partial charge in [0.05, 0.1) is 27.0 Å². The highest BCUT2D eigenvalue weighted by molar-refractivity contribution is 5.79. The summed E-state index contributed by atoms with van der Waals surface area (Å²) in [4.78, 5) is 6.73. The van der Waals surface area contributed by atoms with E-state index in [1.807, 2.05) is 18.2 Å². The van der Waals surface area contributed by atoms with Crippen LogP contribution in [-0.2, 0) is 13.1 Å². The number of rotatable bonds is 7. The smallest absolute Gasteiger partial charge is 0.191 e. The molecule has 1 aromatic carbocycles. The highest BCUT2D eigenvalue weighted by Crippen LogP contribution is 2.24. The summed E-state index contributed by atoms with van der Waals surface area (Å²) in [5, 5.41) is 6.78. The van der Waals surface area contributed by atoms with Crippen molar-refractivity contribution < 1.29 is 13.9 Å². The fourth-order valence-corrected chi connectivity index (χ4v) is 3.28. The molecular formula is C20H28N4O3. The number of likely N-dealkylation sites (tertiary alicyclic amines) is 1. The third-order valence-electron chi connectivity index (χ3n) is 4.66. The van der Waals surface area contributed by atoms with E-state index in [-0.39, 0.29) is 0 Å². The van der Waals surface area contributed by atoms with E-state index in [0.29, 0.717) is 12.6 Å². The maximum atomic E-state index is 5.37. The molecule has 1 fully saturated rings. The van der Waals surface area contributed by atoms with E-state index >= 15 is 0 Å². The van der Waals surface area contributed by atoms with Crippen molar-refractivity contribution in [3.05, 3.63) is 47.9 Å². The van der Waals surface area contributed by atoms with Crippen molar-refractivity contribution in [1.29, 1.82) is 0 Å². The zero-order valence-electron chi connectivity index (χ0n) is 16.2. The Hall–Kier alpha value is -2.67. The molecule has 2 N–H and O–H groups in total. The first kappa shape index (κ1) is 19.1. The number of aliphatic imine (C=N–C) groups is 1. The predicted molar refractivity (Wildman–Crippen MR) is 105 cm³/mol. The summed E-state index contributed by atoms with van der Waals surface area (Å²) in [5.41, 5.74) is 1.19. The van der Waals surface area contributed by atoms with Gasteiger partial charge in [0.15, 0.2) is 5.96 Å². The average Bonchev–Trinajstić information content (AvgIpc) is 3.36. The molecule has 1 aliphatic rings. The standard InChI is InChI=1S/C20H28N4O3/c1-21-20(22-12-17-5-4-8-27-17)23-16-6-7-24(14-16)13-15-9-18(25-2)11-19(10-15)26-3/h4-5,8-11,16H,6-7,12-14H2,1-3H3,(H2,21,22,23). The molecule has 7 nitrogen and oxygen atoms in total. The maximum Gasteiger partial charge on any atom is 0.191 e. The average molecular weight is 372 g/mol.